The minimum atomic E-state index is -1.20. The molecule has 0 fully saturated rings. The van der Waals surface area contributed by atoms with Gasteiger partial charge in [0.25, 0.3) is 0 Å². The number of hydrogen-bond donors (Lipinski definition) is 2. The molecule has 3 nitrogen and oxygen atoms in total. The van der Waals surface area contributed by atoms with E-state index in [1.54, 1.807) is 12.1 Å². The Hall–Kier alpha value is -1.84. The Kier molecular flexibility index (Phi) is 4.77. The molecule has 2 N–H and O–H groups in total. The average molecular weight is 272 g/mol. The third kappa shape index (κ3) is 3.38. The summed E-state index contributed by atoms with van der Waals surface area (Å²) < 4.78 is 5.72. The molecule has 0 aliphatic heterocycles. The lowest BCUT2D eigenvalue weighted by atomic mass is 9.92. The predicted octanol–water partition coefficient (Wildman–Crippen LogP) is 2.86. The Morgan fingerprint density at radius 3 is 2.45 bits per heavy atom. The van der Waals surface area contributed by atoms with Crippen LogP contribution >= 0.6 is 0 Å². The van der Waals surface area contributed by atoms with Crippen molar-refractivity contribution in [2.24, 2.45) is 0 Å². The minimum Gasteiger partial charge on any atom is -0.489 e. The van der Waals surface area contributed by atoms with E-state index in [1.807, 2.05) is 49.4 Å². The Balaban J connectivity index is 2.10. The number of rotatable bonds is 6. The second kappa shape index (κ2) is 6.55. The number of aliphatic hydroxyl groups is 2. The molecule has 2 rings (SSSR count). The van der Waals surface area contributed by atoms with Crippen LogP contribution in [0.1, 0.15) is 24.5 Å². The molecule has 0 heterocycles. The molecule has 3 heteroatoms. The van der Waals surface area contributed by atoms with Crippen LogP contribution in [0.4, 0.5) is 0 Å². The van der Waals surface area contributed by atoms with Crippen molar-refractivity contribution < 1.29 is 14.9 Å². The number of aliphatic hydroxyl groups excluding tert-OH is 1. The smallest absolute Gasteiger partial charge is 0.120 e. The van der Waals surface area contributed by atoms with Gasteiger partial charge in [-0.25, -0.2) is 0 Å². The van der Waals surface area contributed by atoms with Gasteiger partial charge in [-0.15, -0.1) is 0 Å². The molecule has 20 heavy (non-hydrogen) atoms. The highest BCUT2D eigenvalue weighted by Gasteiger charge is 2.26. The van der Waals surface area contributed by atoms with Crippen molar-refractivity contribution in [3.63, 3.8) is 0 Å². The highest BCUT2D eigenvalue weighted by Crippen LogP contribution is 2.27. The number of ether oxygens (including phenoxy) is 1. The molecule has 0 bridgehead atoms. The summed E-state index contributed by atoms with van der Waals surface area (Å²) in [6.45, 7) is 2.02. The fraction of sp³-hybridized carbons (Fsp3) is 0.294. The van der Waals surface area contributed by atoms with Gasteiger partial charge in [0.05, 0.1) is 6.61 Å². The summed E-state index contributed by atoms with van der Waals surface area (Å²) in [5.41, 5.74) is 0.561. The highest BCUT2D eigenvalue weighted by molar-refractivity contribution is 5.32. The lowest BCUT2D eigenvalue weighted by Crippen LogP contribution is -2.29. The van der Waals surface area contributed by atoms with Gasteiger partial charge in [-0.05, 0) is 29.7 Å². The first-order valence-corrected chi connectivity index (χ1v) is 6.78. The third-order valence-corrected chi connectivity index (χ3v) is 3.47. The van der Waals surface area contributed by atoms with Crippen molar-refractivity contribution in [1.82, 2.24) is 0 Å². The van der Waals surface area contributed by atoms with E-state index in [1.165, 1.54) is 0 Å². The number of benzene rings is 2. The standard InChI is InChI=1S/C17H20O3/c1-2-17(19,13-18)15-9-6-10-16(11-15)20-12-14-7-4-3-5-8-14/h3-11,18-19H,2,12-13H2,1H3. The molecule has 0 amide bonds. The van der Waals surface area contributed by atoms with Crippen molar-refractivity contribution in [3.05, 3.63) is 65.7 Å². The van der Waals surface area contributed by atoms with E-state index in [-0.39, 0.29) is 6.61 Å². The Morgan fingerprint density at radius 2 is 1.80 bits per heavy atom. The Labute approximate surface area is 119 Å². The SMILES string of the molecule is CCC(O)(CO)c1cccc(OCc2ccccc2)c1. The normalized spacial score (nSPS) is 13.8. The van der Waals surface area contributed by atoms with Crippen LogP contribution in [-0.4, -0.2) is 16.8 Å². The minimum absolute atomic E-state index is 0.300. The summed E-state index contributed by atoms with van der Waals surface area (Å²) in [4.78, 5) is 0. The molecular formula is C17H20O3. The monoisotopic (exact) mass is 272 g/mol. The van der Waals surface area contributed by atoms with E-state index in [4.69, 9.17) is 4.74 Å². The molecule has 0 aliphatic carbocycles. The molecule has 106 valence electrons. The lowest BCUT2D eigenvalue weighted by Gasteiger charge is -2.25. The molecule has 0 saturated carbocycles. The van der Waals surface area contributed by atoms with Crippen LogP contribution in [0, 0.1) is 0 Å². The van der Waals surface area contributed by atoms with Gasteiger partial charge in [-0.1, -0.05) is 49.4 Å². The average Bonchev–Trinajstić information content (AvgIpc) is 2.53. The maximum absolute atomic E-state index is 10.3. The van der Waals surface area contributed by atoms with Gasteiger partial charge in [0.1, 0.15) is 18.0 Å². The first kappa shape index (κ1) is 14.6. The first-order chi connectivity index (χ1) is 9.68. The van der Waals surface area contributed by atoms with Crippen LogP contribution in [0.25, 0.3) is 0 Å². The zero-order chi connectivity index (χ0) is 14.4. The van der Waals surface area contributed by atoms with Gasteiger partial charge in [-0.3, -0.25) is 0 Å². The van der Waals surface area contributed by atoms with E-state index in [0.717, 1.165) is 5.56 Å². The van der Waals surface area contributed by atoms with Crippen LogP contribution in [-0.2, 0) is 12.2 Å². The highest BCUT2D eigenvalue weighted by atomic mass is 16.5. The van der Waals surface area contributed by atoms with Crippen molar-refractivity contribution in [2.75, 3.05) is 6.61 Å². The Morgan fingerprint density at radius 1 is 1.05 bits per heavy atom. The van der Waals surface area contributed by atoms with E-state index in [9.17, 15) is 10.2 Å². The van der Waals surface area contributed by atoms with Crippen LogP contribution < -0.4 is 4.74 Å². The van der Waals surface area contributed by atoms with E-state index >= 15 is 0 Å². The van der Waals surface area contributed by atoms with Crippen LogP contribution in [0.15, 0.2) is 54.6 Å². The van der Waals surface area contributed by atoms with E-state index in [0.29, 0.717) is 24.3 Å². The van der Waals surface area contributed by atoms with Gasteiger partial charge in [0, 0.05) is 0 Å². The van der Waals surface area contributed by atoms with Gasteiger partial charge >= 0.3 is 0 Å². The van der Waals surface area contributed by atoms with Crippen molar-refractivity contribution in [1.29, 1.82) is 0 Å². The van der Waals surface area contributed by atoms with Crippen LogP contribution in [0.3, 0.4) is 0 Å². The molecule has 2 aromatic rings. The predicted molar refractivity (Wildman–Crippen MR) is 78.5 cm³/mol. The molecule has 0 aliphatic rings. The second-order valence-corrected chi connectivity index (χ2v) is 4.85. The van der Waals surface area contributed by atoms with Crippen molar-refractivity contribution >= 4 is 0 Å². The van der Waals surface area contributed by atoms with Gasteiger partial charge in [0.15, 0.2) is 0 Å². The summed E-state index contributed by atoms with van der Waals surface area (Å²) >= 11 is 0. The van der Waals surface area contributed by atoms with Crippen molar-refractivity contribution in [3.8, 4) is 5.75 Å². The number of hydrogen-bond acceptors (Lipinski definition) is 3. The zero-order valence-electron chi connectivity index (χ0n) is 11.6. The molecular weight excluding hydrogens is 252 g/mol. The zero-order valence-corrected chi connectivity index (χ0v) is 11.6. The quantitative estimate of drug-likeness (QED) is 0.850. The fourth-order valence-electron chi connectivity index (χ4n) is 2.02. The molecule has 0 radical (unpaired) electrons. The van der Waals surface area contributed by atoms with Crippen LogP contribution in [0.5, 0.6) is 5.75 Å². The van der Waals surface area contributed by atoms with Gasteiger partial charge in [0.2, 0.25) is 0 Å². The third-order valence-electron chi connectivity index (χ3n) is 3.47. The molecule has 2 aromatic carbocycles. The van der Waals surface area contributed by atoms with Crippen molar-refractivity contribution in [2.45, 2.75) is 25.6 Å². The van der Waals surface area contributed by atoms with E-state index in [2.05, 4.69) is 0 Å². The van der Waals surface area contributed by atoms with Gasteiger partial charge < -0.3 is 14.9 Å². The summed E-state index contributed by atoms with van der Waals surface area (Å²) in [5, 5.41) is 19.7. The molecule has 0 saturated heterocycles. The first-order valence-electron chi connectivity index (χ1n) is 6.78. The Bertz CT molecular complexity index is 533. The molecule has 0 spiro atoms. The summed E-state index contributed by atoms with van der Waals surface area (Å²) in [7, 11) is 0. The lowest BCUT2D eigenvalue weighted by molar-refractivity contribution is -0.0224. The molecule has 0 aromatic heterocycles. The summed E-state index contributed by atoms with van der Waals surface area (Å²) in [5.74, 6) is 0.687. The van der Waals surface area contributed by atoms with Gasteiger partial charge in [-0.2, -0.15) is 0 Å². The maximum Gasteiger partial charge on any atom is 0.120 e. The largest absolute Gasteiger partial charge is 0.489 e. The second-order valence-electron chi connectivity index (χ2n) is 4.85. The van der Waals surface area contributed by atoms with E-state index < -0.39 is 5.60 Å². The topological polar surface area (TPSA) is 49.7 Å². The summed E-state index contributed by atoms with van der Waals surface area (Å²) in [6.07, 6.45) is 0.450. The fourth-order valence-corrected chi connectivity index (χ4v) is 2.02. The molecule has 1 unspecified atom stereocenters. The summed E-state index contributed by atoms with van der Waals surface area (Å²) in [6, 6.07) is 17.2. The van der Waals surface area contributed by atoms with Crippen LogP contribution in [0.2, 0.25) is 0 Å². The maximum atomic E-state index is 10.3. The molecule has 1 atom stereocenters.